The monoisotopic (exact) mass is 355 g/mol. The summed E-state index contributed by atoms with van der Waals surface area (Å²) < 4.78 is 0. The van der Waals surface area contributed by atoms with Gasteiger partial charge in [0.05, 0.1) is 11.3 Å². The van der Waals surface area contributed by atoms with E-state index >= 15 is 0 Å². The number of aromatic amines is 1. The third-order valence-corrected chi connectivity index (χ3v) is 4.78. The van der Waals surface area contributed by atoms with Crippen molar-refractivity contribution in [3.8, 4) is 34.2 Å². The van der Waals surface area contributed by atoms with E-state index in [1.807, 2.05) is 32.9 Å². The molecule has 0 radical (unpaired) electrons. The van der Waals surface area contributed by atoms with Crippen molar-refractivity contribution < 1.29 is 5.11 Å². The number of phenolic OH excluding ortho intramolecular Hbond substituents is 1. The van der Waals surface area contributed by atoms with Gasteiger partial charge in [0.15, 0.2) is 0 Å². The van der Waals surface area contributed by atoms with Crippen LogP contribution in [-0.2, 0) is 0 Å². The quantitative estimate of drug-likeness (QED) is 0.562. The first-order valence-electron chi connectivity index (χ1n) is 8.50. The molecule has 27 heavy (non-hydrogen) atoms. The predicted molar refractivity (Wildman–Crippen MR) is 103 cm³/mol. The predicted octanol–water partition coefficient (Wildman–Crippen LogP) is 4.19. The molecule has 0 aliphatic carbocycles. The van der Waals surface area contributed by atoms with Crippen molar-refractivity contribution in [3.05, 3.63) is 59.3 Å². The van der Waals surface area contributed by atoms with E-state index in [2.05, 4.69) is 26.0 Å². The summed E-state index contributed by atoms with van der Waals surface area (Å²) >= 11 is 0. The zero-order valence-electron chi connectivity index (χ0n) is 15.2. The molecule has 0 atom stereocenters. The Labute approximate surface area is 156 Å². The van der Waals surface area contributed by atoms with Gasteiger partial charge in [-0.25, -0.2) is 15.0 Å². The van der Waals surface area contributed by atoms with Gasteiger partial charge >= 0.3 is 0 Å². The summed E-state index contributed by atoms with van der Waals surface area (Å²) in [5, 5.41) is 20.7. The molecular weight excluding hydrogens is 338 g/mol. The summed E-state index contributed by atoms with van der Waals surface area (Å²) in [6.07, 6.45) is 5.16. The summed E-state index contributed by atoms with van der Waals surface area (Å²) in [5.74, 6) is 0.897. The smallest absolute Gasteiger partial charge is 0.139 e. The number of aromatic nitrogens is 4. The van der Waals surface area contributed by atoms with Crippen LogP contribution in [0.15, 0.2) is 36.8 Å². The van der Waals surface area contributed by atoms with Gasteiger partial charge in [0.2, 0.25) is 0 Å². The zero-order valence-corrected chi connectivity index (χ0v) is 15.2. The normalized spacial score (nSPS) is 10.9. The van der Waals surface area contributed by atoms with E-state index in [0.717, 1.165) is 33.3 Å². The van der Waals surface area contributed by atoms with E-state index in [4.69, 9.17) is 0 Å². The first-order chi connectivity index (χ1) is 13.0. The van der Waals surface area contributed by atoms with Crippen LogP contribution in [0.4, 0.5) is 0 Å². The first kappa shape index (κ1) is 16.7. The number of nitrogens with zero attached hydrogens (tertiary/aromatic N) is 4. The Bertz CT molecular complexity index is 1220. The molecular formula is C21H17N5O. The second-order valence-corrected chi connectivity index (χ2v) is 6.52. The van der Waals surface area contributed by atoms with E-state index in [1.165, 1.54) is 0 Å². The van der Waals surface area contributed by atoms with Crippen LogP contribution in [0.2, 0.25) is 0 Å². The summed E-state index contributed by atoms with van der Waals surface area (Å²) in [6.45, 7) is 5.63. The molecule has 1 aromatic carbocycles. The molecule has 4 rings (SSSR count). The van der Waals surface area contributed by atoms with Crippen LogP contribution in [0.3, 0.4) is 0 Å². The van der Waals surface area contributed by atoms with Gasteiger partial charge in [-0.05, 0) is 49.6 Å². The number of benzene rings is 1. The highest BCUT2D eigenvalue weighted by Crippen LogP contribution is 2.37. The lowest BCUT2D eigenvalue weighted by Gasteiger charge is -2.13. The van der Waals surface area contributed by atoms with Gasteiger partial charge in [0.1, 0.15) is 23.3 Å². The summed E-state index contributed by atoms with van der Waals surface area (Å²) in [5.41, 5.74) is 6.03. The number of aromatic hydroxyl groups is 1. The maximum Gasteiger partial charge on any atom is 0.139 e. The molecule has 0 saturated heterocycles. The molecule has 6 heteroatoms. The largest absolute Gasteiger partial charge is 0.508 e. The molecule has 132 valence electrons. The molecule has 0 spiro atoms. The lowest BCUT2D eigenvalue weighted by atomic mass is 9.92. The first-order valence-corrected chi connectivity index (χ1v) is 8.50. The molecule has 0 saturated carbocycles. The number of pyridine rings is 1. The van der Waals surface area contributed by atoms with E-state index in [0.29, 0.717) is 22.6 Å². The van der Waals surface area contributed by atoms with Crippen molar-refractivity contribution in [2.24, 2.45) is 0 Å². The number of fused-ring (bicyclic) bond motifs is 1. The van der Waals surface area contributed by atoms with Gasteiger partial charge in [-0.3, -0.25) is 0 Å². The number of H-pyrrole nitrogens is 1. The number of hydrogen-bond donors (Lipinski definition) is 2. The number of rotatable bonds is 2. The summed E-state index contributed by atoms with van der Waals surface area (Å²) in [7, 11) is 0. The fourth-order valence-electron chi connectivity index (χ4n) is 3.32. The highest BCUT2D eigenvalue weighted by molar-refractivity contribution is 5.94. The van der Waals surface area contributed by atoms with Crippen LogP contribution in [0.5, 0.6) is 5.75 Å². The summed E-state index contributed by atoms with van der Waals surface area (Å²) in [4.78, 5) is 16.2. The minimum atomic E-state index is 0.200. The lowest BCUT2D eigenvalue weighted by molar-refractivity contribution is 0.471. The standard InChI is InChI=1S/C21H17N5O/c1-11-4-5-19(27)12(2)20(11)17-10-25-21-15(16(17)7-22)6-18(26-21)14-8-23-13(3)24-9-14/h4-6,8-10,27H,1-3H3,(H,25,26). The van der Waals surface area contributed by atoms with Crippen molar-refractivity contribution in [3.63, 3.8) is 0 Å². The Hall–Kier alpha value is -3.72. The van der Waals surface area contributed by atoms with Gasteiger partial charge in [0.25, 0.3) is 0 Å². The minimum Gasteiger partial charge on any atom is -0.508 e. The molecule has 0 aliphatic heterocycles. The topological polar surface area (TPSA) is 98.5 Å². The lowest BCUT2D eigenvalue weighted by Crippen LogP contribution is -1.94. The molecule has 0 fully saturated rings. The van der Waals surface area contributed by atoms with Gasteiger partial charge in [-0.15, -0.1) is 0 Å². The highest BCUT2D eigenvalue weighted by Gasteiger charge is 2.18. The maximum atomic E-state index is 10.1. The van der Waals surface area contributed by atoms with Crippen LogP contribution < -0.4 is 0 Å². The average Bonchev–Trinajstić information content (AvgIpc) is 3.09. The number of aryl methyl sites for hydroxylation is 2. The van der Waals surface area contributed by atoms with Crippen molar-refractivity contribution in [1.82, 2.24) is 19.9 Å². The maximum absolute atomic E-state index is 10.1. The van der Waals surface area contributed by atoms with Crippen molar-refractivity contribution in [2.45, 2.75) is 20.8 Å². The Kier molecular flexibility index (Phi) is 3.85. The minimum absolute atomic E-state index is 0.200. The molecule has 4 aromatic rings. The number of nitriles is 1. The van der Waals surface area contributed by atoms with Gasteiger partial charge in [-0.2, -0.15) is 5.26 Å². The Morgan fingerprint density at radius 3 is 2.48 bits per heavy atom. The third-order valence-electron chi connectivity index (χ3n) is 4.78. The van der Waals surface area contributed by atoms with Gasteiger partial charge in [0, 0.05) is 35.1 Å². The molecule has 0 amide bonds. The van der Waals surface area contributed by atoms with Crippen molar-refractivity contribution >= 4 is 11.0 Å². The molecule has 2 N–H and O–H groups in total. The van der Waals surface area contributed by atoms with Gasteiger partial charge < -0.3 is 10.1 Å². The third kappa shape index (κ3) is 2.70. The Morgan fingerprint density at radius 1 is 1.04 bits per heavy atom. The fourth-order valence-corrected chi connectivity index (χ4v) is 3.32. The fraction of sp³-hybridized carbons (Fsp3) is 0.143. The average molecular weight is 355 g/mol. The van der Waals surface area contributed by atoms with Gasteiger partial charge in [-0.1, -0.05) is 6.07 Å². The molecule has 0 bridgehead atoms. The SMILES string of the molecule is Cc1ncc(-c2cc3c(C#N)c(-c4c(C)ccc(O)c4C)cnc3[nH]2)cn1. The molecule has 6 nitrogen and oxygen atoms in total. The summed E-state index contributed by atoms with van der Waals surface area (Å²) in [6, 6.07) is 7.71. The highest BCUT2D eigenvalue weighted by atomic mass is 16.3. The molecule has 3 heterocycles. The second-order valence-electron chi connectivity index (χ2n) is 6.52. The van der Waals surface area contributed by atoms with Crippen LogP contribution in [-0.4, -0.2) is 25.0 Å². The van der Waals surface area contributed by atoms with E-state index in [1.54, 1.807) is 24.7 Å². The number of hydrogen-bond acceptors (Lipinski definition) is 5. The van der Waals surface area contributed by atoms with E-state index in [-0.39, 0.29) is 5.75 Å². The van der Waals surface area contributed by atoms with E-state index in [9.17, 15) is 10.4 Å². The Morgan fingerprint density at radius 2 is 1.78 bits per heavy atom. The number of nitrogens with one attached hydrogen (secondary N) is 1. The molecule has 0 unspecified atom stereocenters. The van der Waals surface area contributed by atoms with Crippen LogP contribution in [0.25, 0.3) is 33.4 Å². The van der Waals surface area contributed by atoms with E-state index < -0.39 is 0 Å². The zero-order chi connectivity index (χ0) is 19.1. The Balaban J connectivity index is 1.96. The second kappa shape index (κ2) is 6.22. The van der Waals surface area contributed by atoms with Crippen molar-refractivity contribution in [1.29, 1.82) is 5.26 Å². The molecule has 0 aliphatic rings. The van der Waals surface area contributed by atoms with Crippen LogP contribution in [0, 0.1) is 32.1 Å². The number of phenols is 1. The van der Waals surface area contributed by atoms with Crippen LogP contribution >= 0.6 is 0 Å². The van der Waals surface area contributed by atoms with Crippen molar-refractivity contribution in [2.75, 3.05) is 0 Å². The molecule has 3 aromatic heterocycles. The van der Waals surface area contributed by atoms with Crippen LogP contribution in [0.1, 0.15) is 22.5 Å².